The van der Waals surface area contributed by atoms with E-state index < -0.39 is 18.5 Å². The minimum Gasteiger partial charge on any atom is -0.452 e. The second-order valence-electron chi connectivity index (χ2n) is 6.45. The Morgan fingerprint density at radius 3 is 2.47 bits per heavy atom. The molecule has 1 aromatic heterocycles. The Hall–Kier alpha value is -3.39. The summed E-state index contributed by atoms with van der Waals surface area (Å²) in [7, 11) is 1.73. The predicted molar refractivity (Wildman–Crippen MR) is 119 cm³/mol. The lowest BCUT2D eigenvalue weighted by Crippen LogP contribution is -2.25. The summed E-state index contributed by atoms with van der Waals surface area (Å²) in [4.78, 5) is 36.9. The highest BCUT2D eigenvalue weighted by molar-refractivity contribution is 9.10. The van der Waals surface area contributed by atoms with Crippen molar-refractivity contribution in [3.63, 3.8) is 0 Å². The van der Waals surface area contributed by atoms with Crippen LogP contribution in [0.5, 0.6) is 0 Å². The van der Waals surface area contributed by atoms with Gasteiger partial charge in [0.15, 0.2) is 6.61 Å². The van der Waals surface area contributed by atoms with Crippen LogP contribution >= 0.6 is 15.9 Å². The van der Waals surface area contributed by atoms with Gasteiger partial charge in [-0.1, -0.05) is 52.3 Å². The molecule has 8 heteroatoms. The second kappa shape index (κ2) is 9.41. The molecule has 3 aromatic rings. The number of nitrogens with zero attached hydrogens (tertiary/aromatic N) is 2. The van der Waals surface area contributed by atoms with Crippen LogP contribution in [0.3, 0.4) is 0 Å². The summed E-state index contributed by atoms with van der Waals surface area (Å²) in [6.07, 6.45) is 2.83. The topological polar surface area (TPSA) is 82.3 Å². The molecule has 0 saturated heterocycles. The first-order valence-corrected chi connectivity index (χ1v) is 9.91. The van der Waals surface area contributed by atoms with Gasteiger partial charge < -0.3 is 10.1 Å². The van der Waals surface area contributed by atoms with Crippen molar-refractivity contribution in [1.82, 2.24) is 9.36 Å². The van der Waals surface area contributed by atoms with Crippen LogP contribution in [0, 0.1) is 6.92 Å². The summed E-state index contributed by atoms with van der Waals surface area (Å²) in [5, 5.41) is 2.55. The second-order valence-corrected chi connectivity index (χ2v) is 7.30. The zero-order chi connectivity index (χ0) is 21.7. The highest BCUT2D eigenvalue weighted by atomic mass is 79.9. The van der Waals surface area contributed by atoms with Gasteiger partial charge in [0.2, 0.25) is 0 Å². The van der Waals surface area contributed by atoms with Gasteiger partial charge in [0.25, 0.3) is 11.5 Å². The Labute approximate surface area is 181 Å². The van der Waals surface area contributed by atoms with Crippen molar-refractivity contribution in [3.8, 4) is 5.69 Å². The SMILES string of the molecule is Cc1c(NC(=O)COC(=O)/C=C/c2ccccc2Br)c(=O)n(-c2ccccc2)n1C. The van der Waals surface area contributed by atoms with E-state index in [2.05, 4.69) is 21.2 Å². The van der Waals surface area contributed by atoms with Crippen molar-refractivity contribution in [2.45, 2.75) is 6.92 Å². The number of anilines is 1. The summed E-state index contributed by atoms with van der Waals surface area (Å²) in [5.74, 6) is -1.25. The minimum atomic E-state index is -0.660. The maximum atomic E-state index is 12.8. The van der Waals surface area contributed by atoms with Gasteiger partial charge in [-0.2, -0.15) is 0 Å². The molecule has 3 rings (SSSR count). The Kier molecular flexibility index (Phi) is 6.68. The lowest BCUT2D eigenvalue weighted by molar-refractivity contribution is -0.142. The van der Waals surface area contributed by atoms with Gasteiger partial charge in [-0.05, 0) is 36.8 Å². The van der Waals surface area contributed by atoms with Crippen LogP contribution in [0.4, 0.5) is 5.69 Å². The first-order valence-electron chi connectivity index (χ1n) is 9.11. The standard InChI is InChI=1S/C22H20BrN3O4/c1-15-21(22(29)26(25(15)2)17-9-4-3-5-10-17)24-19(27)14-30-20(28)13-12-16-8-6-7-11-18(16)23/h3-13H,14H2,1-2H3,(H,24,27)/b13-12+. The Balaban J connectivity index is 1.65. The number of benzene rings is 2. The summed E-state index contributed by atoms with van der Waals surface area (Å²) in [5.41, 5.74) is 1.84. The number of hydrogen-bond donors (Lipinski definition) is 1. The van der Waals surface area contributed by atoms with Gasteiger partial charge in [0.1, 0.15) is 5.69 Å². The molecule has 0 unspecified atom stereocenters. The lowest BCUT2D eigenvalue weighted by atomic mass is 10.2. The molecule has 0 aliphatic rings. The molecule has 0 aliphatic carbocycles. The fourth-order valence-corrected chi connectivity index (χ4v) is 3.26. The van der Waals surface area contributed by atoms with E-state index in [-0.39, 0.29) is 11.2 Å². The number of aromatic nitrogens is 2. The molecule has 0 aliphatic heterocycles. The van der Waals surface area contributed by atoms with E-state index >= 15 is 0 Å². The molecule has 0 spiro atoms. The predicted octanol–water partition coefficient (Wildman–Crippen LogP) is 3.44. The summed E-state index contributed by atoms with van der Waals surface area (Å²) in [6.45, 7) is 1.22. The number of carbonyl (C=O) groups excluding carboxylic acids is 2. The fraction of sp³-hybridized carbons (Fsp3) is 0.136. The van der Waals surface area contributed by atoms with Gasteiger partial charge in [0.05, 0.1) is 11.4 Å². The smallest absolute Gasteiger partial charge is 0.331 e. The van der Waals surface area contributed by atoms with Crippen molar-refractivity contribution in [3.05, 3.63) is 86.8 Å². The van der Waals surface area contributed by atoms with Gasteiger partial charge >= 0.3 is 5.97 Å². The molecule has 0 bridgehead atoms. The van der Waals surface area contributed by atoms with Crippen LogP contribution in [-0.2, 0) is 21.4 Å². The number of carbonyl (C=O) groups is 2. The number of amides is 1. The lowest BCUT2D eigenvalue weighted by Gasteiger charge is -2.07. The Morgan fingerprint density at radius 1 is 1.10 bits per heavy atom. The van der Waals surface area contributed by atoms with Crippen LogP contribution in [0.15, 0.2) is 69.9 Å². The summed E-state index contributed by atoms with van der Waals surface area (Å²) < 4.78 is 8.91. The molecule has 1 amide bonds. The molecule has 0 atom stereocenters. The van der Waals surface area contributed by atoms with E-state index in [1.807, 2.05) is 42.5 Å². The number of para-hydroxylation sites is 1. The first-order chi connectivity index (χ1) is 14.4. The van der Waals surface area contributed by atoms with Crippen LogP contribution in [0.2, 0.25) is 0 Å². The third-order valence-electron chi connectivity index (χ3n) is 4.47. The number of nitrogens with one attached hydrogen (secondary N) is 1. The van der Waals surface area contributed by atoms with Crippen LogP contribution in [-0.4, -0.2) is 27.8 Å². The normalized spacial score (nSPS) is 10.9. The highest BCUT2D eigenvalue weighted by Gasteiger charge is 2.18. The quantitative estimate of drug-likeness (QED) is 0.442. The monoisotopic (exact) mass is 469 g/mol. The average Bonchev–Trinajstić information content (AvgIpc) is 2.95. The summed E-state index contributed by atoms with van der Waals surface area (Å²) in [6, 6.07) is 16.5. The van der Waals surface area contributed by atoms with Crippen LogP contribution in [0.1, 0.15) is 11.3 Å². The maximum Gasteiger partial charge on any atom is 0.331 e. The van der Waals surface area contributed by atoms with E-state index in [9.17, 15) is 14.4 Å². The molecular formula is C22H20BrN3O4. The van der Waals surface area contributed by atoms with Gasteiger partial charge in [-0.3, -0.25) is 14.3 Å². The Morgan fingerprint density at radius 2 is 1.77 bits per heavy atom. The van der Waals surface area contributed by atoms with Crippen molar-refractivity contribution in [1.29, 1.82) is 0 Å². The third-order valence-corrected chi connectivity index (χ3v) is 5.19. The number of esters is 1. The molecule has 1 heterocycles. The minimum absolute atomic E-state index is 0.145. The van der Waals surface area contributed by atoms with Crippen molar-refractivity contribution < 1.29 is 14.3 Å². The molecule has 0 saturated carbocycles. The van der Waals surface area contributed by atoms with Crippen molar-refractivity contribution in [2.75, 3.05) is 11.9 Å². The van der Waals surface area contributed by atoms with Crippen molar-refractivity contribution >= 4 is 39.6 Å². The van der Waals surface area contributed by atoms with E-state index in [0.717, 1.165) is 10.0 Å². The molecule has 0 radical (unpaired) electrons. The molecule has 1 N–H and O–H groups in total. The largest absolute Gasteiger partial charge is 0.452 e. The molecule has 30 heavy (non-hydrogen) atoms. The number of halogens is 1. The molecule has 7 nitrogen and oxygen atoms in total. The molecule has 2 aromatic carbocycles. The Bertz CT molecular complexity index is 1160. The number of rotatable bonds is 6. The summed E-state index contributed by atoms with van der Waals surface area (Å²) >= 11 is 3.38. The number of ether oxygens (including phenoxy) is 1. The van der Waals surface area contributed by atoms with E-state index in [4.69, 9.17) is 4.74 Å². The maximum absolute atomic E-state index is 12.8. The highest BCUT2D eigenvalue weighted by Crippen LogP contribution is 2.17. The van der Waals surface area contributed by atoms with Gasteiger partial charge in [-0.15, -0.1) is 0 Å². The van der Waals surface area contributed by atoms with E-state index in [1.165, 1.54) is 10.8 Å². The fourth-order valence-electron chi connectivity index (χ4n) is 2.84. The van der Waals surface area contributed by atoms with E-state index in [1.54, 1.807) is 36.9 Å². The van der Waals surface area contributed by atoms with E-state index in [0.29, 0.717) is 11.4 Å². The first kappa shape index (κ1) is 21.3. The number of hydrogen-bond acceptors (Lipinski definition) is 4. The third kappa shape index (κ3) is 4.77. The van der Waals surface area contributed by atoms with Gasteiger partial charge in [-0.25, -0.2) is 9.48 Å². The molecule has 154 valence electrons. The molecule has 0 fully saturated rings. The van der Waals surface area contributed by atoms with Crippen LogP contribution in [0.25, 0.3) is 11.8 Å². The zero-order valence-corrected chi connectivity index (χ0v) is 18.0. The molecular weight excluding hydrogens is 450 g/mol. The zero-order valence-electron chi connectivity index (χ0n) is 16.5. The average molecular weight is 470 g/mol. The van der Waals surface area contributed by atoms with Gasteiger partial charge in [0, 0.05) is 17.6 Å². The van der Waals surface area contributed by atoms with Crippen molar-refractivity contribution in [2.24, 2.45) is 7.05 Å². The van der Waals surface area contributed by atoms with Crippen LogP contribution < -0.4 is 10.9 Å².